The van der Waals surface area contributed by atoms with Crippen molar-refractivity contribution in [1.82, 2.24) is 19.7 Å². The highest BCUT2D eigenvalue weighted by molar-refractivity contribution is 7.12. The highest BCUT2D eigenvalue weighted by atomic mass is 35.5. The van der Waals surface area contributed by atoms with E-state index in [2.05, 4.69) is 6.92 Å². The van der Waals surface area contributed by atoms with E-state index in [-0.39, 0.29) is 5.91 Å². The van der Waals surface area contributed by atoms with Crippen LogP contribution in [0.2, 0.25) is 5.02 Å². The summed E-state index contributed by atoms with van der Waals surface area (Å²) in [5, 5.41) is 8.23. The Kier molecular flexibility index (Phi) is 5.74. The zero-order chi connectivity index (χ0) is 20.5. The summed E-state index contributed by atoms with van der Waals surface area (Å²) < 4.78 is 1.86. The van der Waals surface area contributed by atoms with Gasteiger partial charge in [0.05, 0.1) is 17.8 Å². The monoisotopic (exact) mass is 428 g/mol. The van der Waals surface area contributed by atoms with Crippen LogP contribution in [0.1, 0.15) is 43.1 Å². The van der Waals surface area contributed by atoms with Gasteiger partial charge in [0.25, 0.3) is 0 Å². The largest absolute Gasteiger partial charge is 0.340 e. The third kappa shape index (κ3) is 4.09. The SMILES string of the molecule is Cc1nn(-c2nc(-c3ccc(Cl)cc3)cs2)c(C)c1CC(=O)N1CCCC[C@@H]1C. The van der Waals surface area contributed by atoms with Crippen molar-refractivity contribution in [2.24, 2.45) is 0 Å². The van der Waals surface area contributed by atoms with Crippen LogP contribution < -0.4 is 0 Å². The van der Waals surface area contributed by atoms with E-state index >= 15 is 0 Å². The van der Waals surface area contributed by atoms with Gasteiger partial charge in [0, 0.05) is 39.8 Å². The Morgan fingerprint density at radius 1 is 1.24 bits per heavy atom. The first-order valence-electron chi connectivity index (χ1n) is 10.0. The lowest BCUT2D eigenvalue weighted by Crippen LogP contribution is -2.42. The Morgan fingerprint density at radius 2 is 2.00 bits per heavy atom. The van der Waals surface area contributed by atoms with Crippen LogP contribution in [0.25, 0.3) is 16.4 Å². The molecule has 0 spiro atoms. The zero-order valence-electron chi connectivity index (χ0n) is 17.0. The van der Waals surface area contributed by atoms with E-state index in [0.29, 0.717) is 17.5 Å². The van der Waals surface area contributed by atoms with E-state index in [9.17, 15) is 4.79 Å². The number of carbonyl (C=O) groups is 1. The van der Waals surface area contributed by atoms with Crippen molar-refractivity contribution in [2.45, 2.75) is 52.5 Å². The normalized spacial score (nSPS) is 17.0. The van der Waals surface area contributed by atoms with Gasteiger partial charge in [0.2, 0.25) is 11.0 Å². The van der Waals surface area contributed by atoms with Crippen molar-refractivity contribution in [3.63, 3.8) is 0 Å². The van der Waals surface area contributed by atoms with Crippen LogP contribution in [0, 0.1) is 13.8 Å². The lowest BCUT2D eigenvalue weighted by atomic mass is 10.0. The highest BCUT2D eigenvalue weighted by Crippen LogP contribution is 2.27. The smallest absolute Gasteiger partial charge is 0.227 e. The number of likely N-dealkylation sites (tertiary alicyclic amines) is 1. The molecule has 1 amide bonds. The highest BCUT2D eigenvalue weighted by Gasteiger charge is 2.25. The molecular formula is C22H25ClN4OS. The molecule has 1 saturated heterocycles. The number of nitrogens with zero attached hydrogens (tertiary/aromatic N) is 4. The van der Waals surface area contributed by atoms with Crippen molar-refractivity contribution >= 4 is 28.8 Å². The second kappa shape index (κ2) is 8.28. The lowest BCUT2D eigenvalue weighted by Gasteiger charge is -2.33. The van der Waals surface area contributed by atoms with Crippen LogP contribution in [-0.4, -0.2) is 38.2 Å². The van der Waals surface area contributed by atoms with Gasteiger partial charge in [-0.2, -0.15) is 5.10 Å². The predicted molar refractivity (Wildman–Crippen MR) is 118 cm³/mol. The van der Waals surface area contributed by atoms with Gasteiger partial charge in [-0.25, -0.2) is 9.67 Å². The summed E-state index contributed by atoms with van der Waals surface area (Å²) in [6.07, 6.45) is 3.80. The zero-order valence-corrected chi connectivity index (χ0v) is 18.6. The Bertz CT molecular complexity index is 1020. The first-order chi connectivity index (χ1) is 13.9. The standard InChI is InChI=1S/C22H25ClN4OS/c1-14-6-4-5-11-26(14)21(28)12-19-15(2)25-27(16(19)3)22-24-20(13-29-22)17-7-9-18(23)10-8-17/h7-10,13-14H,4-6,11-12H2,1-3H3/t14-/m0/s1. The third-order valence-electron chi connectivity index (χ3n) is 5.71. The molecule has 1 aliphatic rings. The van der Waals surface area contributed by atoms with E-state index in [1.54, 1.807) is 11.3 Å². The second-order valence-electron chi connectivity index (χ2n) is 7.69. The molecule has 0 saturated carbocycles. The number of amides is 1. The first-order valence-corrected chi connectivity index (χ1v) is 11.3. The van der Waals surface area contributed by atoms with Gasteiger partial charge < -0.3 is 4.90 Å². The third-order valence-corrected chi connectivity index (χ3v) is 6.77. The summed E-state index contributed by atoms with van der Waals surface area (Å²) in [4.78, 5) is 19.7. The van der Waals surface area contributed by atoms with Crippen molar-refractivity contribution in [3.05, 3.63) is 51.6 Å². The summed E-state index contributed by atoms with van der Waals surface area (Å²) in [6, 6.07) is 7.99. The summed E-state index contributed by atoms with van der Waals surface area (Å²) in [6.45, 7) is 7.00. The summed E-state index contributed by atoms with van der Waals surface area (Å²) in [7, 11) is 0. The average molecular weight is 429 g/mol. The molecule has 4 rings (SSSR count). The lowest BCUT2D eigenvalue weighted by molar-refractivity contribution is -0.133. The fourth-order valence-electron chi connectivity index (χ4n) is 3.95. The van der Waals surface area contributed by atoms with Crippen LogP contribution >= 0.6 is 22.9 Å². The van der Waals surface area contributed by atoms with Gasteiger partial charge in [-0.15, -0.1) is 11.3 Å². The molecule has 29 heavy (non-hydrogen) atoms. The van der Waals surface area contributed by atoms with Crippen molar-refractivity contribution in [3.8, 4) is 16.4 Å². The predicted octanol–water partition coefficient (Wildman–Crippen LogP) is 5.21. The van der Waals surface area contributed by atoms with Crippen molar-refractivity contribution in [2.75, 3.05) is 6.54 Å². The van der Waals surface area contributed by atoms with E-state index in [0.717, 1.165) is 52.7 Å². The summed E-state index contributed by atoms with van der Waals surface area (Å²) >= 11 is 7.53. The molecule has 3 heterocycles. The number of hydrogen-bond donors (Lipinski definition) is 0. The van der Waals surface area contributed by atoms with Gasteiger partial charge in [-0.05, 0) is 52.2 Å². The number of benzene rings is 1. The molecule has 152 valence electrons. The topological polar surface area (TPSA) is 51.0 Å². The minimum Gasteiger partial charge on any atom is -0.340 e. The molecule has 1 atom stereocenters. The molecule has 1 aromatic carbocycles. The van der Waals surface area contributed by atoms with Crippen LogP contribution in [0.4, 0.5) is 0 Å². The maximum Gasteiger partial charge on any atom is 0.227 e. The van der Waals surface area contributed by atoms with Crippen molar-refractivity contribution in [1.29, 1.82) is 0 Å². The number of aryl methyl sites for hydroxylation is 1. The number of piperidine rings is 1. The fourth-order valence-corrected chi connectivity index (χ4v) is 4.91. The molecule has 3 aromatic rings. The van der Waals surface area contributed by atoms with Gasteiger partial charge in [-0.1, -0.05) is 23.7 Å². The van der Waals surface area contributed by atoms with Gasteiger partial charge in [-0.3, -0.25) is 4.79 Å². The molecular weight excluding hydrogens is 404 g/mol. The Balaban J connectivity index is 1.57. The maximum atomic E-state index is 12.9. The quantitative estimate of drug-likeness (QED) is 0.573. The van der Waals surface area contributed by atoms with E-state index in [1.165, 1.54) is 6.42 Å². The van der Waals surface area contributed by atoms with Crippen LogP contribution in [0.5, 0.6) is 0 Å². The van der Waals surface area contributed by atoms with E-state index in [4.69, 9.17) is 21.7 Å². The average Bonchev–Trinajstić information content (AvgIpc) is 3.29. The van der Waals surface area contributed by atoms with E-state index in [1.807, 2.05) is 53.1 Å². The minimum absolute atomic E-state index is 0.198. The Hall–Kier alpha value is -2.18. The second-order valence-corrected chi connectivity index (χ2v) is 8.97. The molecule has 5 nitrogen and oxygen atoms in total. The molecule has 0 unspecified atom stereocenters. The molecule has 0 aliphatic carbocycles. The van der Waals surface area contributed by atoms with Crippen LogP contribution in [0.15, 0.2) is 29.6 Å². The van der Waals surface area contributed by atoms with Gasteiger partial charge in [0.1, 0.15) is 0 Å². The van der Waals surface area contributed by atoms with Crippen molar-refractivity contribution < 1.29 is 4.79 Å². The number of thiazole rings is 1. The molecule has 0 radical (unpaired) electrons. The number of carbonyl (C=O) groups excluding carboxylic acids is 1. The first kappa shape index (κ1) is 20.1. The number of halogens is 1. The van der Waals surface area contributed by atoms with Gasteiger partial charge in [0.15, 0.2) is 0 Å². The molecule has 7 heteroatoms. The Labute approximate surface area is 180 Å². The molecule has 1 fully saturated rings. The fraction of sp³-hybridized carbons (Fsp3) is 0.409. The molecule has 0 bridgehead atoms. The number of hydrogen-bond acceptors (Lipinski definition) is 4. The molecule has 1 aliphatic heterocycles. The summed E-state index contributed by atoms with van der Waals surface area (Å²) in [5.74, 6) is 0.198. The molecule has 0 N–H and O–H groups in total. The number of aromatic nitrogens is 3. The van der Waals surface area contributed by atoms with Gasteiger partial charge >= 0.3 is 0 Å². The maximum absolute atomic E-state index is 12.9. The van der Waals surface area contributed by atoms with Crippen LogP contribution in [-0.2, 0) is 11.2 Å². The molecule has 2 aromatic heterocycles. The number of rotatable bonds is 4. The summed E-state index contributed by atoms with van der Waals surface area (Å²) in [5.41, 5.74) is 4.80. The van der Waals surface area contributed by atoms with E-state index < -0.39 is 0 Å². The minimum atomic E-state index is 0.198. The Morgan fingerprint density at radius 3 is 2.72 bits per heavy atom. The van der Waals surface area contributed by atoms with Crippen LogP contribution in [0.3, 0.4) is 0 Å².